The van der Waals surface area contributed by atoms with Gasteiger partial charge in [0.1, 0.15) is 11.5 Å². The summed E-state index contributed by atoms with van der Waals surface area (Å²) in [5.41, 5.74) is 2.75. The van der Waals surface area contributed by atoms with E-state index in [1.165, 1.54) is 18.4 Å². The lowest BCUT2D eigenvalue weighted by atomic mass is 9.96. The minimum atomic E-state index is -0.883. The van der Waals surface area contributed by atoms with E-state index in [9.17, 15) is 4.79 Å². The van der Waals surface area contributed by atoms with Crippen LogP contribution in [0.3, 0.4) is 0 Å². The number of hydrogen-bond acceptors (Lipinski definition) is 4. The van der Waals surface area contributed by atoms with Gasteiger partial charge in [-0.25, -0.2) is 4.79 Å². The van der Waals surface area contributed by atoms with Crippen LogP contribution in [0.4, 0.5) is 0 Å². The van der Waals surface area contributed by atoms with Crippen molar-refractivity contribution in [2.45, 2.75) is 25.9 Å². The largest absolute Gasteiger partial charge is 0.478 e. The maximum Gasteiger partial charge on any atom is 0.335 e. The Hall–Kier alpha value is -2.67. The van der Waals surface area contributed by atoms with Gasteiger partial charge in [0, 0.05) is 17.6 Å². The van der Waals surface area contributed by atoms with Crippen molar-refractivity contribution in [3.63, 3.8) is 0 Å². The molecule has 0 saturated carbocycles. The first-order valence-electron chi connectivity index (χ1n) is 11.3. The van der Waals surface area contributed by atoms with E-state index in [1.807, 2.05) is 48.5 Å². The number of ether oxygens (including phenoxy) is 1. The molecule has 1 heterocycles. The Morgan fingerprint density at radius 3 is 2.09 bits per heavy atom. The summed E-state index contributed by atoms with van der Waals surface area (Å²) in [6.07, 6.45) is 2.38. The number of rotatable bonds is 9. The molecule has 33 heavy (non-hydrogen) atoms. The highest BCUT2D eigenvalue weighted by atomic mass is 79.9. The average molecular weight is 509 g/mol. The third kappa shape index (κ3) is 7.16. The number of benzene rings is 3. The normalized spacial score (nSPS) is 14.8. The molecule has 0 aliphatic carbocycles. The smallest absolute Gasteiger partial charge is 0.335 e. The Labute approximate surface area is 203 Å². The molecule has 4 rings (SSSR count). The lowest BCUT2D eigenvalue weighted by Crippen LogP contribution is -2.36. The monoisotopic (exact) mass is 508 g/mol. The van der Waals surface area contributed by atoms with Crippen molar-refractivity contribution in [2.75, 3.05) is 19.6 Å². The summed E-state index contributed by atoms with van der Waals surface area (Å²) in [7, 11) is 0. The van der Waals surface area contributed by atoms with Gasteiger partial charge in [-0.1, -0.05) is 40.2 Å². The van der Waals surface area contributed by atoms with Crippen LogP contribution in [0.2, 0.25) is 0 Å². The number of halogens is 1. The standard InChI is InChI=1S/C27H29BrN2O3/c28-24-7-11-26(12-8-24)33-25-9-3-22(4-10-25)19-30-15-13-21(14-16-30)18-29-17-20-1-5-23(6-2-20)27(31)32/h1-12,21,29H,13-19H2,(H,31,32). The third-order valence-electron chi connectivity index (χ3n) is 6.05. The maximum absolute atomic E-state index is 10.9. The van der Waals surface area contributed by atoms with Crippen LogP contribution >= 0.6 is 15.9 Å². The SMILES string of the molecule is O=C(O)c1ccc(CNCC2CCN(Cc3ccc(Oc4ccc(Br)cc4)cc3)CC2)cc1. The van der Waals surface area contributed by atoms with Crippen molar-refractivity contribution >= 4 is 21.9 Å². The van der Waals surface area contributed by atoms with Gasteiger partial charge in [-0.2, -0.15) is 0 Å². The summed E-state index contributed by atoms with van der Waals surface area (Å²) in [5, 5.41) is 12.5. The molecule has 0 radical (unpaired) electrons. The molecule has 1 aliphatic rings. The van der Waals surface area contributed by atoms with Gasteiger partial charge in [0.2, 0.25) is 0 Å². The van der Waals surface area contributed by atoms with Crippen LogP contribution in [-0.2, 0) is 13.1 Å². The molecule has 0 unspecified atom stereocenters. The molecule has 0 aromatic heterocycles. The highest BCUT2D eigenvalue weighted by Gasteiger charge is 2.19. The van der Waals surface area contributed by atoms with E-state index in [0.29, 0.717) is 11.5 Å². The number of carboxylic acids is 1. The molecule has 3 aromatic carbocycles. The van der Waals surface area contributed by atoms with E-state index in [2.05, 4.69) is 38.3 Å². The zero-order chi connectivity index (χ0) is 23.0. The molecular weight excluding hydrogens is 480 g/mol. The summed E-state index contributed by atoms with van der Waals surface area (Å²) < 4.78 is 6.95. The van der Waals surface area contributed by atoms with E-state index >= 15 is 0 Å². The van der Waals surface area contributed by atoms with Gasteiger partial charge >= 0.3 is 5.97 Å². The molecule has 0 bridgehead atoms. The van der Waals surface area contributed by atoms with E-state index in [-0.39, 0.29) is 0 Å². The van der Waals surface area contributed by atoms with E-state index in [4.69, 9.17) is 9.84 Å². The summed E-state index contributed by atoms with van der Waals surface area (Å²) in [4.78, 5) is 13.5. The lowest BCUT2D eigenvalue weighted by Gasteiger charge is -2.32. The quantitative estimate of drug-likeness (QED) is 0.374. The molecule has 6 heteroatoms. The molecular formula is C27H29BrN2O3. The van der Waals surface area contributed by atoms with Gasteiger partial charge in [-0.15, -0.1) is 0 Å². The van der Waals surface area contributed by atoms with E-state index in [0.717, 1.165) is 54.3 Å². The number of piperidine rings is 1. The van der Waals surface area contributed by atoms with Crippen molar-refractivity contribution in [3.8, 4) is 11.5 Å². The van der Waals surface area contributed by atoms with Crippen molar-refractivity contribution < 1.29 is 14.6 Å². The fraction of sp³-hybridized carbons (Fsp3) is 0.296. The molecule has 1 saturated heterocycles. The van der Waals surface area contributed by atoms with Crippen molar-refractivity contribution in [3.05, 3.63) is 94.0 Å². The Bertz CT molecular complexity index is 1030. The Balaban J connectivity index is 1.16. The van der Waals surface area contributed by atoms with Crippen LogP contribution in [0.5, 0.6) is 11.5 Å². The van der Waals surface area contributed by atoms with E-state index < -0.39 is 5.97 Å². The summed E-state index contributed by atoms with van der Waals surface area (Å²) >= 11 is 3.44. The minimum absolute atomic E-state index is 0.331. The van der Waals surface area contributed by atoms with Crippen LogP contribution in [0.1, 0.15) is 34.3 Å². The van der Waals surface area contributed by atoms with Gasteiger partial charge < -0.3 is 15.2 Å². The average Bonchev–Trinajstić information content (AvgIpc) is 2.83. The number of aromatic carboxylic acids is 1. The van der Waals surface area contributed by atoms with Crippen LogP contribution in [0.25, 0.3) is 0 Å². The van der Waals surface area contributed by atoms with Crippen LogP contribution in [0.15, 0.2) is 77.3 Å². The highest BCUT2D eigenvalue weighted by molar-refractivity contribution is 9.10. The summed E-state index contributed by atoms with van der Waals surface area (Å²) in [6, 6.07) is 23.3. The summed E-state index contributed by atoms with van der Waals surface area (Å²) in [5.74, 6) is 1.48. The molecule has 172 valence electrons. The fourth-order valence-electron chi connectivity index (χ4n) is 4.09. The zero-order valence-electron chi connectivity index (χ0n) is 18.5. The second-order valence-corrected chi connectivity index (χ2v) is 9.47. The number of nitrogens with one attached hydrogen (secondary N) is 1. The van der Waals surface area contributed by atoms with Crippen LogP contribution in [-0.4, -0.2) is 35.6 Å². The van der Waals surface area contributed by atoms with Crippen molar-refractivity contribution in [2.24, 2.45) is 5.92 Å². The van der Waals surface area contributed by atoms with Gasteiger partial charge in [0.05, 0.1) is 5.56 Å². The fourth-order valence-corrected chi connectivity index (χ4v) is 4.36. The highest BCUT2D eigenvalue weighted by Crippen LogP contribution is 2.24. The molecule has 2 N–H and O–H groups in total. The molecule has 0 amide bonds. The van der Waals surface area contributed by atoms with Crippen molar-refractivity contribution in [1.29, 1.82) is 0 Å². The first kappa shape index (κ1) is 23.5. The number of nitrogens with zero attached hydrogens (tertiary/aromatic N) is 1. The van der Waals surface area contributed by atoms with Crippen LogP contribution in [0, 0.1) is 5.92 Å². The van der Waals surface area contributed by atoms with Gasteiger partial charge in [0.15, 0.2) is 0 Å². The predicted octanol–water partition coefficient (Wildman–Crippen LogP) is 5.94. The number of carboxylic acid groups (broad SMARTS) is 1. The Morgan fingerprint density at radius 2 is 1.48 bits per heavy atom. The first-order valence-corrected chi connectivity index (χ1v) is 12.1. The topological polar surface area (TPSA) is 61.8 Å². The van der Waals surface area contributed by atoms with Crippen molar-refractivity contribution in [1.82, 2.24) is 10.2 Å². The lowest BCUT2D eigenvalue weighted by molar-refractivity contribution is 0.0697. The predicted molar refractivity (Wildman–Crippen MR) is 134 cm³/mol. The second kappa shape index (κ2) is 11.5. The minimum Gasteiger partial charge on any atom is -0.478 e. The molecule has 3 aromatic rings. The number of likely N-dealkylation sites (tertiary alicyclic amines) is 1. The molecule has 1 fully saturated rings. The Morgan fingerprint density at radius 1 is 0.909 bits per heavy atom. The molecule has 5 nitrogen and oxygen atoms in total. The third-order valence-corrected chi connectivity index (χ3v) is 6.58. The van der Waals surface area contributed by atoms with Gasteiger partial charge in [-0.05, 0) is 98.1 Å². The number of hydrogen-bond donors (Lipinski definition) is 2. The number of carbonyl (C=O) groups is 1. The molecule has 1 aliphatic heterocycles. The zero-order valence-corrected chi connectivity index (χ0v) is 20.1. The Kier molecular flexibility index (Phi) is 8.15. The maximum atomic E-state index is 10.9. The summed E-state index contributed by atoms with van der Waals surface area (Å²) in [6.45, 7) is 4.95. The molecule has 0 atom stereocenters. The van der Waals surface area contributed by atoms with Gasteiger partial charge in [-0.3, -0.25) is 4.90 Å². The van der Waals surface area contributed by atoms with Crippen LogP contribution < -0.4 is 10.1 Å². The first-order chi connectivity index (χ1) is 16.0. The molecule has 0 spiro atoms. The second-order valence-electron chi connectivity index (χ2n) is 8.55. The van der Waals surface area contributed by atoms with E-state index in [1.54, 1.807) is 12.1 Å². The van der Waals surface area contributed by atoms with Gasteiger partial charge in [0.25, 0.3) is 0 Å².